The zero-order valence-electron chi connectivity index (χ0n) is 10.5. The van der Waals surface area contributed by atoms with Gasteiger partial charge in [0, 0.05) is 11.6 Å². The minimum Gasteiger partial charge on any atom is -0.507 e. The highest BCUT2D eigenvalue weighted by molar-refractivity contribution is 6.09. The molecule has 0 fully saturated rings. The normalized spacial score (nSPS) is 11.3. The number of phenolic OH excluding ortho intramolecular Hbond substituents is 1. The first kappa shape index (κ1) is 12.9. The summed E-state index contributed by atoms with van der Waals surface area (Å²) in [5, 5.41) is 19.5. The molecule has 2 rings (SSSR count). The lowest BCUT2D eigenvalue weighted by molar-refractivity contribution is 0.104. The molecule has 0 heterocycles. The van der Waals surface area contributed by atoms with Crippen molar-refractivity contribution in [2.24, 2.45) is 0 Å². The number of hydrogen-bond donors (Lipinski definition) is 2. The first-order valence-corrected chi connectivity index (χ1v) is 5.88. The Hall–Kier alpha value is -2.55. The van der Waals surface area contributed by atoms with Gasteiger partial charge < -0.3 is 10.2 Å². The third-order valence-corrected chi connectivity index (χ3v) is 2.75. The smallest absolute Gasteiger partial charge is 0.193 e. The van der Waals surface area contributed by atoms with Gasteiger partial charge in [0.2, 0.25) is 0 Å². The highest BCUT2D eigenvalue weighted by atomic mass is 16.3. The number of aryl methyl sites for hydroxylation is 1. The number of allylic oxidation sites excluding steroid dienone is 1. The summed E-state index contributed by atoms with van der Waals surface area (Å²) in [6, 6.07) is 13.5. The van der Waals surface area contributed by atoms with E-state index in [-0.39, 0.29) is 17.1 Å². The van der Waals surface area contributed by atoms with Crippen LogP contribution in [0.1, 0.15) is 21.5 Å². The van der Waals surface area contributed by atoms with E-state index in [4.69, 9.17) is 0 Å². The van der Waals surface area contributed by atoms with Crippen molar-refractivity contribution in [3.8, 4) is 5.75 Å². The number of carbonyl (C=O) groups is 1. The van der Waals surface area contributed by atoms with E-state index >= 15 is 0 Å². The van der Waals surface area contributed by atoms with Gasteiger partial charge in [-0.2, -0.15) is 0 Å². The molecule has 96 valence electrons. The highest BCUT2D eigenvalue weighted by Gasteiger charge is 2.10. The summed E-state index contributed by atoms with van der Waals surface area (Å²) >= 11 is 0. The summed E-state index contributed by atoms with van der Waals surface area (Å²) in [5.74, 6) is -0.637. The molecule has 0 radical (unpaired) electrons. The Balaban J connectivity index is 2.33. The van der Waals surface area contributed by atoms with Crippen LogP contribution in [0.3, 0.4) is 0 Å². The summed E-state index contributed by atoms with van der Waals surface area (Å²) < 4.78 is 0. The molecule has 0 aliphatic rings. The third kappa shape index (κ3) is 3.01. The van der Waals surface area contributed by atoms with Gasteiger partial charge >= 0.3 is 0 Å². The van der Waals surface area contributed by atoms with E-state index < -0.39 is 5.78 Å². The van der Waals surface area contributed by atoms with Crippen LogP contribution in [0.4, 0.5) is 0 Å². The second kappa shape index (κ2) is 5.40. The maximum Gasteiger partial charge on any atom is 0.193 e. The van der Waals surface area contributed by atoms with Gasteiger partial charge in [-0.1, -0.05) is 42.0 Å². The Bertz CT molecular complexity index is 628. The SMILES string of the molecule is Cc1ccc(O)c(C(=O)C=C(O)c2ccccc2)c1. The molecule has 0 atom stereocenters. The van der Waals surface area contributed by atoms with Crippen molar-refractivity contribution in [2.45, 2.75) is 6.92 Å². The average molecular weight is 254 g/mol. The molecule has 0 aromatic heterocycles. The van der Waals surface area contributed by atoms with Gasteiger partial charge in [-0.3, -0.25) is 4.79 Å². The van der Waals surface area contributed by atoms with E-state index in [1.165, 1.54) is 6.07 Å². The van der Waals surface area contributed by atoms with Crippen molar-refractivity contribution >= 4 is 11.5 Å². The molecule has 2 aromatic carbocycles. The molecule has 0 spiro atoms. The fourth-order valence-electron chi connectivity index (χ4n) is 1.74. The number of benzene rings is 2. The molecule has 0 saturated heterocycles. The van der Waals surface area contributed by atoms with Crippen LogP contribution >= 0.6 is 0 Å². The number of ketones is 1. The lowest BCUT2D eigenvalue weighted by atomic mass is 10.0. The van der Waals surface area contributed by atoms with Crippen LogP contribution in [0.5, 0.6) is 5.75 Å². The third-order valence-electron chi connectivity index (χ3n) is 2.75. The Kier molecular flexibility index (Phi) is 3.66. The summed E-state index contributed by atoms with van der Waals surface area (Å²) in [4.78, 5) is 12.0. The minimum atomic E-state index is -0.428. The van der Waals surface area contributed by atoms with Crippen LogP contribution in [0.25, 0.3) is 5.76 Å². The van der Waals surface area contributed by atoms with E-state index in [0.717, 1.165) is 11.6 Å². The lowest BCUT2D eigenvalue weighted by Crippen LogP contribution is -1.98. The number of aliphatic hydroxyl groups excluding tert-OH is 1. The number of rotatable bonds is 3. The summed E-state index contributed by atoms with van der Waals surface area (Å²) in [5.41, 5.74) is 1.61. The molecule has 0 saturated carbocycles. The quantitative estimate of drug-likeness (QED) is 0.501. The molecule has 2 N–H and O–H groups in total. The van der Waals surface area contributed by atoms with Crippen molar-refractivity contribution in [3.05, 3.63) is 71.3 Å². The molecular formula is C16H14O3. The molecule has 0 aliphatic carbocycles. The van der Waals surface area contributed by atoms with Crippen LogP contribution in [0.15, 0.2) is 54.6 Å². The predicted molar refractivity (Wildman–Crippen MR) is 74.2 cm³/mol. The molecule has 0 aliphatic heterocycles. The van der Waals surface area contributed by atoms with Crippen molar-refractivity contribution in [1.29, 1.82) is 0 Å². The van der Waals surface area contributed by atoms with Crippen molar-refractivity contribution in [3.63, 3.8) is 0 Å². The van der Waals surface area contributed by atoms with E-state index in [1.54, 1.807) is 36.4 Å². The summed E-state index contributed by atoms with van der Waals surface area (Å²) in [6.07, 6.45) is 1.11. The van der Waals surface area contributed by atoms with E-state index in [2.05, 4.69) is 0 Å². The van der Waals surface area contributed by atoms with Gasteiger partial charge in [0.05, 0.1) is 5.56 Å². The second-order valence-corrected chi connectivity index (χ2v) is 4.28. The van der Waals surface area contributed by atoms with Gasteiger partial charge in [0.25, 0.3) is 0 Å². The predicted octanol–water partition coefficient (Wildman–Crippen LogP) is 3.48. The average Bonchev–Trinajstić information content (AvgIpc) is 2.42. The number of carbonyl (C=O) groups excluding carboxylic acids is 1. The summed E-state index contributed by atoms with van der Waals surface area (Å²) in [7, 11) is 0. The number of aliphatic hydroxyl groups is 1. The highest BCUT2D eigenvalue weighted by Crippen LogP contribution is 2.20. The van der Waals surface area contributed by atoms with Crippen molar-refractivity contribution in [1.82, 2.24) is 0 Å². The standard InChI is InChI=1S/C16H14O3/c1-11-7-8-14(17)13(9-11)16(19)10-15(18)12-5-3-2-4-6-12/h2-10,17-18H,1H3. The van der Waals surface area contributed by atoms with Crippen LogP contribution in [0, 0.1) is 6.92 Å². The van der Waals surface area contributed by atoms with Crippen LogP contribution in [0.2, 0.25) is 0 Å². The van der Waals surface area contributed by atoms with Gasteiger partial charge in [-0.25, -0.2) is 0 Å². The van der Waals surface area contributed by atoms with Gasteiger partial charge in [-0.15, -0.1) is 0 Å². The Morgan fingerprint density at radius 2 is 1.79 bits per heavy atom. The Morgan fingerprint density at radius 1 is 1.11 bits per heavy atom. The first-order valence-electron chi connectivity index (χ1n) is 5.88. The molecular weight excluding hydrogens is 240 g/mol. The molecule has 0 amide bonds. The van der Waals surface area contributed by atoms with Crippen LogP contribution < -0.4 is 0 Å². The Labute approximate surface area is 111 Å². The van der Waals surface area contributed by atoms with E-state index in [0.29, 0.717) is 5.56 Å². The molecule has 2 aromatic rings. The van der Waals surface area contributed by atoms with Gasteiger partial charge in [0.1, 0.15) is 11.5 Å². The fraction of sp³-hybridized carbons (Fsp3) is 0.0625. The number of hydrogen-bond acceptors (Lipinski definition) is 3. The van der Waals surface area contributed by atoms with Crippen molar-refractivity contribution < 1.29 is 15.0 Å². The maximum absolute atomic E-state index is 12.0. The molecule has 19 heavy (non-hydrogen) atoms. The first-order chi connectivity index (χ1) is 9.08. The zero-order chi connectivity index (χ0) is 13.8. The second-order valence-electron chi connectivity index (χ2n) is 4.28. The Morgan fingerprint density at radius 3 is 2.47 bits per heavy atom. The summed E-state index contributed by atoms with van der Waals surface area (Å²) in [6.45, 7) is 1.83. The monoisotopic (exact) mass is 254 g/mol. The lowest BCUT2D eigenvalue weighted by Gasteiger charge is -2.03. The number of phenols is 1. The molecule has 3 heteroatoms. The van der Waals surface area contributed by atoms with E-state index in [1.807, 2.05) is 13.0 Å². The minimum absolute atomic E-state index is 0.0901. The van der Waals surface area contributed by atoms with E-state index in [9.17, 15) is 15.0 Å². The number of aromatic hydroxyl groups is 1. The zero-order valence-corrected chi connectivity index (χ0v) is 10.5. The topological polar surface area (TPSA) is 57.5 Å². The van der Waals surface area contributed by atoms with Gasteiger partial charge in [-0.05, 0) is 19.1 Å². The fourth-order valence-corrected chi connectivity index (χ4v) is 1.74. The molecule has 0 unspecified atom stereocenters. The van der Waals surface area contributed by atoms with Gasteiger partial charge in [0.15, 0.2) is 5.78 Å². The molecule has 3 nitrogen and oxygen atoms in total. The largest absolute Gasteiger partial charge is 0.507 e. The van der Waals surface area contributed by atoms with Crippen LogP contribution in [-0.2, 0) is 0 Å². The maximum atomic E-state index is 12.0. The molecule has 0 bridgehead atoms. The van der Waals surface area contributed by atoms with Crippen molar-refractivity contribution in [2.75, 3.05) is 0 Å². The van der Waals surface area contributed by atoms with Crippen LogP contribution in [-0.4, -0.2) is 16.0 Å².